The average molecular weight is 237 g/mol. The number of carbonyl (C=O) groups is 1. The maximum atomic E-state index is 11.7. The van der Waals surface area contributed by atoms with Crippen LogP contribution in [0.4, 0.5) is 0 Å². The first-order chi connectivity index (χ1) is 8.29. The normalized spacial score (nSPS) is 14.8. The summed E-state index contributed by atoms with van der Waals surface area (Å²) in [6, 6.07) is 0. The number of nitrogens with two attached hydrogens (primary N) is 1. The second kappa shape index (κ2) is 5.77. The summed E-state index contributed by atoms with van der Waals surface area (Å²) < 4.78 is 1.62. The fourth-order valence-corrected chi connectivity index (χ4v) is 1.79. The minimum Gasteiger partial charge on any atom is -0.341 e. The number of aromatic nitrogens is 3. The lowest BCUT2D eigenvalue weighted by molar-refractivity contribution is -0.135. The lowest BCUT2D eigenvalue weighted by atomic mass is 10.2. The third-order valence-electron chi connectivity index (χ3n) is 2.98. The number of amides is 1. The van der Waals surface area contributed by atoms with E-state index in [9.17, 15) is 4.79 Å². The van der Waals surface area contributed by atoms with Gasteiger partial charge in [-0.25, -0.2) is 4.68 Å². The third kappa shape index (κ3) is 3.26. The van der Waals surface area contributed by atoms with Gasteiger partial charge in [-0.3, -0.25) is 4.79 Å². The van der Waals surface area contributed by atoms with Crippen LogP contribution in [0.3, 0.4) is 0 Å². The molecule has 2 heterocycles. The predicted octanol–water partition coefficient (Wildman–Crippen LogP) is -0.208. The molecule has 94 valence electrons. The molecule has 0 bridgehead atoms. The van der Waals surface area contributed by atoms with Crippen molar-refractivity contribution in [2.24, 2.45) is 5.73 Å². The lowest BCUT2D eigenvalue weighted by Crippen LogP contribution is -2.43. The smallest absolute Gasteiger partial charge is 0.244 e. The van der Waals surface area contributed by atoms with E-state index >= 15 is 0 Å². The predicted molar refractivity (Wildman–Crippen MR) is 63.2 cm³/mol. The first kappa shape index (κ1) is 12.0. The van der Waals surface area contributed by atoms with Crippen molar-refractivity contribution in [2.45, 2.75) is 32.2 Å². The summed E-state index contributed by atoms with van der Waals surface area (Å²) in [6.07, 6.45) is 5.88. The Kier molecular flexibility index (Phi) is 4.08. The fraction of sp³-hybridized carbons (Fsp3) is 0.727. The number of hydrogen-bond donors (Lipinski definition) is 1. The van der Waals surface area contributed by atoms with Gasteiger partial charge in [0.05, 0.1) is 5.69 Å². The molecule has 0 aromatic carbocycles. The topological polar surface area (TPSA) is 77.0 Å². The van der Waals surface area contributed by atoms with Crippen LogP contribution in [0.5, 0.6) is 0 Å². The molecule has 0 atom stereocenters. The van der Waals surface area contributed by atoms with Crippen molar-refractivity contribution in [3.05, 3.63) is 11.9 Å². The molecule has 0 aliphatic carbocycles. The first-order valence-electron chi connectivity index (χ1n) is 6.16. The zero-order chi connectivity index (χ0) is 12.1. The highest BCUT2D eigenvalue weighted by Crippen LogP contribution is 2.07. The number of rotatable bonds is 6. The maximum Gasteiger partial charge on any atom is 0.244 e. The number of aryl methyl sites for hydroxylation is 1. The molecule has 1 aliphatic rings. The Bertz CT molecular complexity index is 372. The Hall–Kier alpha value is -1.43. The molecule has 0 unspecified atom stereocenters. The number of nitrogens with zero attached hydrogens (tertiary/aromatic N) is 4. The van der Waals surface area contributed by atoms with E-state index in [4.69, 9.17) is 5.73 Å². The standard InChI is InChI=1S/C11H19N5O/c12-5-2-1-4-10-8-16(14-13-10)9-11(17)15-6-3-7-15/h8H,1-7,9,12H2. The van der Waals surface area contributed by atoms with Gasteiger partial charge in [-0.2, -0.15) is 0 Å². The molecule has 1 amide bonds. The van der Waals surface area contributed by atoms with Gasteiger partial charge in [0.15, 0.2) is 0 Å². The molecule has 2 N–H and O–H groups in total. The summed E-state index contributed by atoms with van der Waals surface area (Å²) in [5.74, 6) is 0.134. The fourth-order valence-electron chi connectivity index (χ4n) is 1.79. The average Bonchev–Trinajstić information content (AvgIpc) is 2.63. The van der Waals surface area contributed by atoms with E-state index in [2.05, 4.69) is 10.3 Å². The van der Waals surface area contributed by atoms with Crippen LogP contribution in [-0.2, 0) is 17.8 Å². The van der Waals surface area contributed by atoms with Crippen molar-refractivity contribution in [1.29, 1.82) is 0 Å². The summed E-state index contributed by atoms with van der Waals surface area (Å²) in [5.41, 5.74) is 6.37. The van der Waals surface area contributed by atoms with E-state index in [0.29, 0.717) is 13.1 Å². The molecule has 1 saturated heterocycles. The van der Waals surface area contributed by atoms with Crippen LogP contribution < -0.4 is 5.73 Å². The number of likely N-dealkylation sites (tertiary alicyclic amines) is 1. The molecule has 1 aromatic heterocycles. The van der Waals surface area contributed by atoms with E-state index < -0.39 is 0 Å². The van der Waals surface area contributed by atoms with Crippen molar-refractivity contribution in [3.8, 4) is 0 Å². The summed E-state index contributed by atoms with van der Waals surface area (Å²) in [5, 5.41) is 8.01. The van der Waals surface area contributed by atoms with Gasteiger partial charge in [-0.1, -0.05) is 5.21 Å². The molecule has 1 fully saturated rings. The van der Waals surface area contributed by atoms with Gasteiger partial charge in [-0.15, -0.1) is 5.10 Å². The van der Waals surface area contributed by atoms with Crippen molar-refractivity contribution in [1.82, 2.24) is 19.9 Å². The van der Waals surface area contributed by atoms with E-state index in [-0.39, 0.29) is 5.91 Å². The first-order valence-corrected chi connectivity index (χ1v) is 6.16. The monoisotopic (exact) mass is 237 g/mol. The quantitative estimate of drug-likeness (QED) is 0.695. The molecule has 0 radical (unpaired) electrons. The molecule has 6 heteroatoms. The number of unbranched alkanes of at least 4 members (excludes halogenated alkanes) is 1. The van der Waals surface area contributed by atoms with Gasteiger partial charge in [0, 0.05) is 19.3 Å². The van der Waals surface area contributed by atoms with Crippen LogP contribution in [0.25, 0.3) is 0 Å². The highest BCUT2D eigenvalue weighted by Gasteiger charge is 2.20. The molecule has 1 aliphatic heterocycles. The molecule has 0 spiro atoms. The van der Waals surface area contributed by atoms with Crippen LogP contribution in [0.1, 0.15) is 25.0 Å². The SMILES string of the molecule is NCCCCc1cn(CC(=O)N2CCC2)nn1. The van der Waals surface area contributed by atoms with E-state index in [1.165, 1.54) is 0 Å². The summed E-state index contributed by atoms with van der Waals surface area (Å²) in [7, 11) is 0. The third-order valence-corrected chi connectivity index (χ3v) is 2.98. The Morgan fingerprint density at radius 2 is 2.24 bits per heavy atom. The lowest BCUT2D eigenvalue weighted by Gasteiger charge is -2.30. The van der Waals surface area contributed by atoms with Crippen LogP contribution >= 0.6 is 0 Å². The van der Waals surface area contributed by atoms with E-state index in [0.717, 1.165) is 44.5 Å². The Morgan fingerprint density at radius 1 is 1.41 bits per heavy atom. The zero-order valence-electron chi connectivity index (χ0n) is 10.0. The largest absolute Gasteiger partial charge is 0.341 e. The molecule has 2 rings (SSSR count). The maximum absolute atomic E-state index is 11.7. The second-order valence-electron chi connectivity index (χ2n) is 4.39. The number of hydrogen-bond acceptors (Lipinski definition) is 4. The molecule has 0 saturated carbocycles. The Morgan fingerprint density at radius 3 is 2.88 bits per heavy atom. The number of carbonyl (C=O) groups excluding carboxylic acids is 1. The van der Waals surface area contributed by atoms with Gasteiger partial charge in [-0.05, 0) is 32.2 Å². The molecular formula is C11H19N5O. The van der Waals surface area contributed by atoms with Gasteiger partial charge >= 0.3 is 0 Å². The molecule has 17 heavy (non-hydrogen) atoms. The minimum atomic E-state index is 0.134. The summed E-state index contributed by atoms with van der Waals surface area (Å²) in [4.78, 5) is 13.5. The van der Waals surface area contributed by atoms with Gasteiger partial charge in [0.1, 0.15) is 6.54 Å². The van der Waals surface area contributed by atoms with Crippen LogP contribution in [-0.4, -0.2) is 45.4 Å². The summed E-state index contributed by atoms with van der Waals surface area (Å²) >= 11 is 0. The second-order valence-corrected chi connectivity index (χ2v) is 4.39. The summed E-state index contributed by atoms with van der Waals surface area (Å²) in [6.45, 7) is 2.79. The zero-order valence-corrected chi connectivity index (χ0v) is 10.0. The van der Waals surface area contributed by atoms with Crippen LogP contribution in [0, 0.1) is 0 Å². The van der Waals surface area contributed by atoms with Crippen molar-refractivity contribution in [3.63, 3.8) is 0 Å². The van der Waals surface area contributed by atoms with Crippen molar-refractivity contribution in [2.75, 3.05) is 19.6 Å². The van der Waals surface area contributed by atoms with Crippen LogP contribution in [0.15, 0.2) is 6.20 Å². The molecule has 1 aromatic rings. The highest BCUT2D eigenvalue weighted by molar-refractivity contribution is 5.76. The van der Waals surface area contributed by atoms with Gasteiger partial charge < -0.3 is 10.6 Å². The van der Waals surface area contributed by atoms with Crippen molar-refractivity contribution < 1.29 is 4.79 Å². The van der Waals surface area contributed by atoms with Crippen molar-refractivity contribution >= 4 is 5.91 Å². The van der Waals surface area contributed by atoms with Gasteiger partial charge in [0.25, 0.3) is 0 Å². The Labute approximate surface area is 101 Å². The van der Waals surface area contributed by atoms with E-state index in [1.54, 1.807) is 4.68 Å². The van der Waals surface area contributed by atoms with Crippen LogP contribution in [0.2, 0.25) is 0 Å². The molecular weight excluding hydrogens is 218 g/mol. The molecule has 6 nitrogen and oxygen atoms in total. The highest BCUT2D eigenvalue weighted by atomic mass is 16.2. The minimum absolute atomic E-state index is 0.134. The van der Waals surface area contributed by atoms with E-state index in [1.807, 2.05) is 11.1 Å². The Balaban J connectivity index is 1.78. The van der Waals surface area contributed by atoms with Gasteiger partial charge in [0.2, 0.25) is 5.91 Å².